The molecule has 52 heavy (non-hydrogen) atoms. The van der Waals surface area contributed by atoms with Crippen LogP contribution in [0.25, 0.3) is 0 Å². The summed E-state index contributed by atoms with van der Waals surface area (Å²) in [6.07, 6.45) is 30.8. The van der Waals surface area contributed by atoms with Crippen molar-refractivity contribution in [1.29, 1.82) is 0 Å². The molecule has 1 aliphatic rings. The number of amides is 1. The number of carbonyl (C=O) groups is 1. The van der Waals surface area contributed by atoms with Crippen LogP contribution in [-0.4, -0.2) is 87.5 Å². The summed E-state index contributed by atoms with van der Waals surface area (Å²) in [6.45, 7) is 3.81. The second-order valence-corrected chi connectivity index (χ2v) is 15.5. The minimum atomic E-state index is -1.55. The molecule has 0 saturated carbocycles. The Morgan fingerprint density at radius 1 is 0.635 bits per heavy atom. The fourth-order valence-corrected chi connectivity index (χ4v) is 7.04. The quantitative estimate of drug-likeness (QED) is 0.0277. The summed E-state index contributed by atoms with van der Waals surface area (Å²) in [7, 11) is 0. The molecule has 0 aromatic carbocycles. The molecule has 0 aromatic rings. The highest BCUT2D eigenvalue weighted by Gasteiger charge is 2.44. The lowest BCUT2D eigenvalue weighted by Crippen LogP contribution is -2.60. The van der Waals surface area contributed by atoms with Crippen LogP contribution >= 0.6 is 0 Å². The van der Waals surface area contributed by atoms with E-state index in [1.807, 2.05) is 0 Å². The van der Waals surface area contributed by atoms with Gasteiger partial charge in [0.15, 0.2) is 6.29 Å². The molecule has 0 aliphatic carbocycles. The van der Waals surface area contributed by atoms with Crippen LogP contribution in [-0.2, 0) is 14.3 Å². The Balaban J connectivity index is 2.31. The summed E-state index contributed by atoms with van der Waals surface area (Å²) >= 11 is 0. The maximum atomic E-state index is 12.9. The van der Waals surface area contributed by atoms with Gasteiger partial charge in [-0.1, -0.05) is 167 Å². The summed E-state index contributed by atoms with van der Waals surface area (Å²) in [6, 6.07) is -0.715. The molecule has 1 fully saturated rings. The first kappa shape index (κ1) is 48.9. The van der Waals surface area contributed by atoms with Crippen molar-refractivity contribution < 1.29 is 39.8 Å². The molecule has 308 valence electrons. The summed E-state index contributed by atoms with van der Waals surface area (Å²) < 4.78 is 11.2. The molecule has 1 aliphatic heterocycles. The lowest BCUT2D eigenvalue weighted by Gasteiger charge is -2.40. The van der Waals surface area contributed by atoms with E-state index in [-0.39, 0.29) is 12.5 Å². The van der Waals surface area contributed by atoms with Gasteiger partial charge in [0.05, 0.1) is 25.4 Å². The number of hydrogen-bond donors (Lipinski definition) is 6. The molecule has 7 unspecified atom stereocenters. The van der Waals surface area contributed by atoms with Crippen molar-refractivity contribution in [3.63, 3.8) is 0 Å². The Hall–Kier alpha value is -1.07. The third-order valence-corrected chi connectivity index (χ3v) is 10.6. The Morgan fingerprint density at radius 3 is 1.56 bits per heavy atom. The summed E-state index contributed by atoms with van der Waals surface area (Å²) in [5, 5.41) is 54.1. The molecule has 1 saturated heterocycles. The summed E-state index contributed by atoms with van der Waals surface area (Å²) in [5.41, 5.74) is 0. The normalized spacial score (nSPS) is 21.9. The number of aliphatic hydroxyl groups is 5. The van der Waals surface area contributed by atoms with Crippen LogP contribution in [0, 0.1) is 0 Å². The molecule has 1 amide bonds. The second kappa shape index (κ2) is 34.4. The van der Waals surface area contributed by atoms with Gasteiger partial charge < -0.3 is 40.3 Å². The molecule has 7 atom stereocenters. The molecule has 1 rings (SSSR count). The fraction of sp³-hybridized carbons (Fsp3) is 0.930. The Bertz CT molecular complexity index is 827. The van der Waals surface area contributed by atoms with Crippen molar-refractivity contribution in [1.82, 2.24) is 5.32 Å². The first-order valence-corrected chi connectivity index (χ1v) is 21.9. The van der Waals surface area contributed by atoms with Crippen molar-refractivity contribution in [2.24, 2.45) is 0 Å². The van der Waals surface area contributed by atoms with Crippen LogP contribution in [0.2, 0.25) is 0 Å². The number of allylic oxidation sites excluding steroid dienone is 2. The van der Waals surface area contributed by atoms with Gasteiger partial charge in [-0.25, -0.2) is 0 Å². The third-order valence-electron chi connectivity index (χ3n) is 10.6. The zero-order chi connectivity index (χ0) is 38.1. The fourth-order valence-electron chi connectivity index (χ4n) is 7.04. The number of aliphatic hydroxyl groups excluding tert-OH is 5. The highest BCUT2D eigenvalue weighted by Crippen LogP contribution is 2.23. The SMILES string of the molecule is CCCCCCCCCC/C=C\CCCCCCCCCC(=O)NC(COC1OC(CO)C(O)C(O)C1O)C(O)CCCCCCCCCCCC. The largest absolute Gasteiger partial charge is 0.394 e. The Kier molecular flexibility index (Phi) is 32.4. The predicted molar refractivity (Wildman–Crippen MR) is 212 cm³/mol. The molecule has 0 radical (unpaired) electrons. The highest BCUT2D eigenvalue weighted by molar-refractivity contribution is 5.76. The van der Waals surface area contributed by atoms with E-state index in [1.54, 1.807) is 0 Å². The molecule has 1 heterocycles. The van der Waals surface area contributed by atoms with Gasteiger partial charge in [0, 0.05) is 6.42 Å². The van der Waals surface area contributed by atoms with Gasteiger partial charge in [0.2, 0.25) is 5.91 Å². The smallest absolute Gasteiger partial charge is 0.220 e. The minimum absolute atomic E-state index is 0.137. The topological polar surface area (TPSA) is 149 Å². The second-order valence-electron chi connectivity index (χ2n) is 15.5. The molecule has 0 aromatic heterocycles. The number of hydrogen-bond acceptors (Lipinski definition) is 8. The van der Waals surface area contributed by atoms with Crippen molar-refractivity contribution in [2.45, 2.75) is 243 Å². The number of unbranched alkanes of at least 4 members (excludes halogenated alkanes) is 24. The zero-order valence-corrected chi connectivity index (χ0v) is 33.6. The molecule has 9 heteroatoms. The average molecular weight is 742 g/mol. The molecule has 6 N–H and O–H groups in total. The number of nitrogens with one attached hydrogen (secondary N) is 1. The van der Waals surface area contributed by atoms with E-state index in [0.29, 0.717) is 12.8 Å². The molecular weight excluding hydrogens is 658 g/mol. The van der Waals surface area contributed by atoms with E-state index >= 15 is 0 Å². The van der Waals surface area contributed by atoms with E-state index in [4.69, 9.17) is 9.47 Å². The number of ether oxygens (including phenoxy) is 2. The van der Waals surface area contributed by atoms with Gasteiger partial charge in [-0.2, -0.15) is 0 Å². The number of carbonyl (C=O) groups excluding carboxylic acids is 1. The average Bonchev–Trinajstić information content (AvgIpc) is 3.14. The molecular formula is C43H83NO8. The van der Waals surface area contributed by atoms with E-state index in [2.05, 4.69) is 31.3 Å². The first-order valence-electron chi connectivity index (χ1n) is 21.9. The molecule has 9 nitrogen and oxygen atoms in total. The third kappa shape index (κ3) is 25.1. The van der Waals surface area contributed by atoms with Gasteiger partial charge in [0.1, 0.15) is 24.4 Å². The van der Waals surface area contributed by atoms with Crippen LogP contribution in [0.4, 0.5) is 0 Å². The zero-order valence-electron chi connectivity index (χ0n) is 33.6. The van der Waals surface area contributed by atoms with Gasteiger partial charge >= 0.3 is 0 Å². The van der Waals surface area contributed by atoms with Gasteiger partial charge in [0.25, 0.3) is 0 Å². The summed E-state index contributed by atoms with van der Waals surface area (Å²) in [5.74, 6) is -0.150. The maximum Gasteiger partial charge on any atom is 0.220 e. The standard InChI is InChI=1S/C43H83NO8/c1-3-5-7-9-11-13-15-16-17-18-19-20-21-22-23-25-27-29-31-33-39(47)44-36(35-51-43-42(50)41(49)40(48)38(34-45)52-43)37(46)32-30-28-26-24-14-12-10-8-6-4-2/h18-19,36-38,40-43,45-46,48-50H,3-17,20-35H2,1-2H3,(H,44,47)/b19-18-. The predicted octanol–water partition coefficient (Wildman–Crippen LogP) is 8.56. The van der Waals surface area contributed by atoms with Crippen LogP contribution in [0.3, 0.4) is 0 Å². The van der Waals surface area contributed by atoms with Crippen molar-refractivity contribution in [3.05, 3.63) is 12.2 Å². The van der Waals surface area contributed by atoms with E-state index in [1.165, 1.54) is 135 Å². The molecule has 0 spiro atoms. The highest BCUT2D eigenvalue weighted by atomic mass is 16.7. The minimum Gasteiger partial charge on any atom is -0.394 e. The van der Waals surface area contributed by atoms with Gasteiger partial charge in [-0.15, -0.1) is 0 Å². The van der Waals surface area contributed by atoms with Crippen LogP contribution < -0.4 is 5.32 Å². The summed E-state index contributed by atoms with van der Waals surface area (Å²) in [4.78, 5) is 12.9. The van der Waals surface area contributed by atoms with Crippen molar-refractivity contribution in [2.75, 3.05) is 13.2 Å². The lowest BCUT2D eigenvalue weighted by molar-refractivity contribution is -0.302. The Labute approximate surface area is 318 Å². The lowest BCUT2D eigenvalue weighted by atomic mass is 9.99. The van der Waals surface area contributed by atoms with Crippen molar-refractivity contribution in [3.8, 4) is 0 Å². The van der Waals surface area contributed by atoms with Gasteiger partial charge in [-0.05, 0) is 38.5 Å². The van der Waals surface area contributed by atoms with E-state index in [0.717, 1.165) is 38.5 Å². The van der Waals surface area contributed by atoms with E-state index < -0.39 is 49.5 Å². The maximum absolute atomic E-state index is 12.9. The Morgan fingerprint density at radius 2 is 1.08 bits per heavy atom. The van der Waals surface area contributed by atoms with Crippen LogP contribution in [0.15, 0.2) is 12.2 Å². The van der Waals surface area contributed by atoms with Crippen molar-refractivity contribution >= 4 is 5.91 Å². The monoisotopic (exact) mass is 742 g/mol. The first-order chi connectivity index (χ1) is 25.3. The van der Waals surface area contributed by atoms with Crippen LogP contribution in [0.5, 0.6) is 0 Å². The number of rotatable bonds is 36. The molecule has 0 bridgehead atoms. The van der Waals surface area contributed by atoms with Gasteiger partial charge in [-0.3, -0.25) is 4.79 Å². The van der Waals surface area contributed by atoms with Crippen LogP contribution in [0.1, 0.15) is 200 Å². The van der Waals surface area contributed by atoms with E-state index in [9.17, 15) is 30.3 Å².